The lowest BCUT2D eigenvalue weighted by molar-refractivity contribution is 0.412. The molecular formula is C20H19ClN2O. The highest BCUT2D eigenvalue weighted by atomic mass is 35.5. The number of hydrogen-bond acceptors (Lipinski definition) is 3. The fourth-order valence-electron chi connectivity index (χ4n) is 2.63. The van der Waals surface area contributed by atoms with Gasteiger partial charge in [-0.15, -0.1) is 0 Å². The summed E-state index contributed by atoms with van der Waals surface area (Å²) in [7, 11) is 1.67. The van der Waals surface area contributed by atoms with Crippen LogP contribution in [0, 0.1) is 6.92 Å². The molecule has 24 heavy (non-hydrogen) atoms. The molecule has 3 nitrogen and oxygen atoms in total. The second-order valence-electron chi connectivity index (χ2n) is 5.92. The Morgan fingerprint density at radius 3 is 2.50 bits per heavy atom. The van der Waals surface area contributed by atoms with E-state index in [-0.39, 0.29) is 0 Å². The van der Waals surface area contributed by atoms with E-state index >= 15 is 0 Å². The summed E-state index contributed by atoms with van der Waals surface area (Å²) in [5, 5.41) is 0.672. The average molecular weight is 339 g/mol. The molecule has 0 saturated heterocycles. The summed E-state index contributed by atoms with van der Waals surface area (Å²) in [6.07, 6.45) is 1.80. The topological polar surface area (TPSA) is 34.0 Å². The minimum atomic E-state index is 0.672. The molecule has 0 N–H and O–H groups in total. The molecule has 4 heteroatoms. The first kappa shape index (κ1) is 16.5. The molecule has 1 aliphatic rings. The Labute approximate surface area is 147 Å². The number of nitrogens with zero attached hydrogens (tertiary/aromatic N) is 2. The lowest BCUT2D eigenvalue weighted by Crippen LogP contribution is -2.06. The lowest BCUT2D eigenvalue weighted by Gasteiger charge is -2.13. The third-order valence-corrected chi connectivity index (χ3v) is 4.30. The zero-order valence-electron chi connectivity index (χ0n) is 14.2. The van der Waals surface area contributed by atoms with Gasteiger partial charge in [0, 0.05) is 22.2 Å². The summed E-state index contributed by atoms with van der Waals surface area (Å²) in [4.78, 5) is 9.49. The van der Waals surface area contributed by atoms with Crippen LogP contribution in [0.3, 0.4) is 0 Å². The molecule has 0 unspecified atom stereocenters. The van der Waals surface area contributed by atoms with Gasteiger partial charge in [-0.25, -0.2) is 4.99 Å². The fraction of sp³-hybridized carbons (Fsp3) is 0.200. The van der Waals surface area contributed by atoms with Crippen molar-refractivity contribution in [3.63, 3.8) is 0 Å². The van der Waals surface area contributed by atoms with E-state index in [9.17, 15) is 0 Å². The van der Waals surface area contributed by atoms with Crippen LogP contribution in [0.4, 0.5) is 5.69 Å². The molecule has 0 bridgehead atoms. The lowest BCUT2D eigenvalue weighted by atomic mass is 9.98. The number of aliphatic imine (C=N–C) groups is 2. The summed E-state index contributed by atoms with van der Waals surface area (Å²) >= 11 is 6.44. The largest absolute Gasteiger partial charge is 0.496 e. The summed E-state index contributed by atoms with van der Waals surface area (Å²) in [5.74, 6) is 0.810. The van der Waals surface area contributed by atoms with Crippen molar-refractivity contribution >= 4 is 29.2 Å². The van der Waals surface area contributed by atoms with E-state index in [0.29, 0.717) is 5.02 Å². The first-order chi connectivity index (χ1) is 11.5. The summed E-state index contributed by atoms with van der Waals surface area (Å²) < 4.78 is 5.44. The number of fused-ring (bicyclic) bond motifs is 1. The number of hydrogen-bond donors (Lipinski definition) is 0. The number of allylic oxidation sites excluding steroid dienone is 2. The van der Waals surface area contributed by atoms with Crippen LogP contribution in [0.25, 0.3) is 0 Å². The quantitative estimate of drug-likeness (QED) is 0.711. The number of rotatable bonds is 2. The number of ether oxygens (including phenoxy) is 1. The molecule has 0 atom stereocenters. The standard InChI is InChI=1S/C20H19ClN2O/c1-12(2)18-11-22-17-10-19(24-4)13(3)9-15(17)20(23-18)14-7-5-6-8-16(14)21/h5-11H,1-4H3. The molecule has 0 amide bonds. The molecule has 2 aromatic rings. The van der Waals surface area contributed by atoms with Gasteiger partial charge in [0.05, 0.1) is 30.4 Å². The van der Waals surface area contributed by atoms with Crippen LogP contribution >= 0.6 is 11.6 Å². The van der Waals surface area contributed by atoms with Crippen molar-refractivity contribution in [2.75, 3.05) is 7.11 Å². The van der Waals surface area contributed by atoms with Gasteiger partial charge in [-0.2, -0.15) is 0 Å². The van der Waals surface area contributed by atoms with E-state index in [0.717, 1.165) is 45.1 Å². The van der Waals surface area contributed by atoms with Gasteiger partial charge in [-0.1, -0.05) is 29.8 Å². The molecule has 0 aliphatic carbocycles. The van der Waals surface area contributed by atoms with Crippen LogP contribution in [-0.2, 0) is 0 Å². The van der Waals surface area contributed by atoms with Gasteiger partial charge in [0.15, 0.2) is 0 Å². The van der Waals surface area contributed by atoms with Crippen molar-refractivity contribution in [2.45, 2.75) is 20.8 Å². The van der Waals surface area contributed by atoms with Crippen LogP contribution in [-0.4, -0.2) is 19.0 Å². The molecule has 0 radical (unpaired) electrons. The Hall–Kier alpha value is -2.39. The molecule has 1 aliphatic heterocycles. The van der Waals surface area contributed by atoms with Gasteiger partial charge in [-0.05, 0) is 44.0 Å². The van der Waals surface area contributed by atoms with Gasteiger partial charge in [0.2, 0.25) is 0 Å². The van der Waals surface area contributed by atoms with Crippen LogP contribution < -0.4 is 4.74 Å². The molecule has 0 aromatic heterocycles. The number of halogens is 1. The van der Waals surface area contributed by atoms with Gasteiger partial charge in [-0.3, -0.25) is 4.99 Å². The molecule has 3 rings (SSSR count). The number of methoxy groups -OCH3 is 1. The summed E-state index contributed by atoms with van der Waals surface area (Å²) in [5.41, 5.74) is 6.48. The van der Waals surface area contributed by atoms with Crippen molar-refractivity contribution in [3.8, 4) is 5.75 Å². The Kier molecular flexibility index (Phi) is 4.54. The predicted octanol–water partition coefficient (Wildman–Crippen LogP) is 5.50. The third-order valence-electron chi connectivity index (χ3n) is 3.97. The molecule has 1 heterocycles. The maximum atomic E-state index is 6.44. The first-order valence-corrected chi connectivity index (χ1v) is 8.13. The van der Waals surface area contributed by atoms with Crippen molar-refractivity contribution in [2.24, 2.45) is 9.98 Å². The van der Waals surface area contributed by atoms with Crippen LogP contribution in [0.2, 0.25) is 5.02 Å². The molecule has 2 aromatic carbocycles. The van der Waals surface area contributed by atoms with Crippen LogP contribution in [0.15, 0.2) is 57.7 Å². The molecule has 0 spiro atoms. The monoisotopic (exact) mass is 338 g/mol. The van der Waals surface area contributed by atoms with Gasteiger partial charge in [0.1, 0.15) is 5.75 Å². The SMILES string of the molecule is COc1cc2c(cc1C)C(c1ccccc1Cl)=NC(=C(C)C)C=N2. The molecule has 0 fully saturated rings. The molecule has 0 saturated carbocycles. The first-order valence-electron chi connectivity index (χ1n) is 7.75. The predicted molar refractivity (Wildman–Crippen MR) is 101 cm³/mol. The van der Waals surface area contributed by atoms with E-state index in [1.165, 1.54) is 0 Å². The average Bonchev–Trinajstić information content (AvgIpc) is 2.74. The van der Waals surface area contributed by atoms with Gasteiger partial charge >= 0.3 is 0 Å². The fourth-order valence-corrected chi connectivity index (χ4v) is 2.86. The summed E-state index contributed by atoms with van der Waals surface area (Å²) in [6.45, 7) is 6.06. The van der Waals surface area contributed by atoms with E-state index in [1.807, 2.05) is 51.1 Å². The van der Waals surface area contributed by atoms with E-state index < -0.39 is 0 Å². The second kappa shape index (κ2) is 6.62. The van der Waals surface area contributed by atoms with E-state index in [1.54, 1.807) is 13.3 Å². The Morgan fingerprint density at radius 1 is 1.08 bits per heavy atom. The van der Waals surface area contributed by atoms with Crippen LogP contribution in [0.1, 0.15) is 30.5 Å². The zero-order chi connectivity index (χ0) is 17.3. The Balaban J connectivity index is 2.33. The molecular weight excluding hydrogens is 320 g/mol. The number of benzene rings is 2. The second-order valence-corrected chi connectivity index (χ2v) is 6.33. The highest BCUT2D eigenvalue weighted by Gasteiger charge is 2.19. The minimum Gasteiger partial charge on any atom is -0.496 e. The maximum Gasteiger partial charge on any atom is 0.123 e. The van der Waals surface area contributed by atoms with Crippen molar-refractivity contribution < 1.29 is 4.74 Å². The number of aryl methyl sites for hydroxylation is 1. The van der Waals surface area contributed by atoms with Gasteiger partial charge < -0.3 is 4.74 Å². The van der Waals surface area contributed by atoms with Crippen molar-refractivity contribution in [1.29, 1.82) is 0 Å². The normalized spacial score (nSPS) is 13.2. The van der Waals surface area contributed by atoms with Crippen LogP contribution in [0.5, 0.6) is 5.75 Å². The maximum absolute atomic E-state index is 6.44. The zero-order valence-corrected chi connectivity index (χ0v) is 15.0. The highest BCUT2D eigenvalue weighted by molar-refractivity contribution is 6.36. The third kappa shape index (κ3) is 3.00. The minimum absolute atomic E-state index is 0.672. The highest BCUT2D eigenvalue weighted by Crippen LogP contribution is 2.34. The van der Waals surface area contributed by atoms with E-state index in [2.05, 4.69) is 11.1 Å². The Morgan fingerprint density at radius 2 is 1.83 bits per heavy atom. The smallest absolute Gasteiger partial charge is 0.123 e. The van der Waals surface area contributed by atoms with E-state index in [4.69, 9.17) is 21.3 Å². The Bertz CT molecular complexity index is 891. The van der Waals surface area contributed by atoms with Crippen molar-refractivity contribution in [3.05, 3.63) is 69.4 Å². The summed E-state index contributed by atoms with van der Waals surface area (Å²) in [6, 6.07) is 11.8. The van der Waals surface area contributed by atoms with Crippen molar-refractivity contribution in [1.82, 2.24) is 0 Å². The van der Waals surface area contributed by atoms with Gasteiger partial charge in [0.25, 0.3) is 0 Å². The molecule has 122 valence electrons.